The number of benzene rings is 9. The number of anilines is 6. The normalized spacial score (nSPS) is 11.4. The summed E-state index contributed by atoms with van der Waals surface area (Å²) in [6.07, 6.45) is 0. The molecular formula is C51H36N2S. The maximum Gasteiger partial charge on any atom is 0.0482 e. The Balaban J connectivity index is 1.16. The van der Waals surface area contributed by atoms with Crippen LogP contribution in [-0.4, -0.2) is 0 Å². The van der Waals surface area contributed by atoms with Crippen LogP contribution in [0.25, 0.3) is 52.8 Å². The summed E-state index contributed by atoms with van der Waals surface area (Å²) in [6, 6.07) is 72.7. The first-order chi connectivity index (χ1) is 26.7. The zero-order valence-corrected chi connectivity index (χ0v) is 30.7. The third-order valence-corrected chi connectivity index (χ3v) is 11.7. The van der Waals surface area contributed by atoms with Crippen molar-refractivity contribution in [1.82, 2.24) is 0 Å². The second kappa shape index (κ2) is 13.4. The first-order valence-corrected chi connectivity index (χ1v) is 19.2. The molecule has 0 aliphatic carbocycles. The first kappa shape index (κ1) is 32.0. The summed E-state index contributed by atoms with van der Waals surface area (Å²) in [6.45, 7) is 2.14. The summed E-state index contributed by atoms with van der Waals surface area (Å²) in [4.78, 5) is 4.75. The van der Waals surface area contributed by atoms with Crippen molar-refractivity contribution in [3.63, 3.8) is 0 Å². The van der Waals surface area contributed by atoms with Crippen molar-refractivity contribution >= 4 is 87.2 Å². The molecule has 9 aromatic carbocycles. The highest BCUT2D eigenvalue weighted by Crippen LogP contribution is 2.47. The molecule has 0 saturated carbocycles. The predicted octanol–water partition coefficient (Wildman–Crippen LogP) is 15.3. The molecule has 0 fully saturated rings. The lowest BCUT2D eigenvalue weighted by molar-refractivity contribution is 1.25. The van der Waals surface area contributed by atoms with Gasteiger partial charge in [0.15, 0.2) is 0 Å². The van der Waals surface area contributed by atoms with E-state index in [9.17, 15) is 0 Å². The van der Waals surface area contributed by atoms with Crippen LogP contribution >= 0.6 is 11.3 Å². The first-order valence-electron chi connectivity index (χ1n) is 18.4. The molecule has 54 heavy (non-hydrogen) atoms. The van der Waals surface area contributed by atoms with Crippen molar-refractivity contribution in [1.29, 1.82) is 0 Å². The van der Waals surface area contributed by atoms with E-state index < -0.39 is 0 Å². The lowest BCUT2D eigenvalue weighted by atomic mass is 9.96. The second-order valence-electron chi connectivity index (χ2n) is 13.9. The molecule has 0 aliphatic rings. The number of fused-ring (bicyclic) bond motifs is 8. The summed E-state index contributed by atoms with van der Waals surface area (Å²) in [5, 5.41) is 7.79. The molecule has 0 radical (unpaired) electrons. The van der Waals surface area contributed by atoms with Gasteiger partial charge < -0.3 is 9.80 Å². The number of nitrogens with zero attached hydrogens (tertiary/aromatic N) is 2. The number of hydrogen-bond acceptors (Lipinski definition) is 3. The molecule has 0 unspecified atom stereocenters. The summed E-state index contributed by atoms with van der Waals surface area (Å²) in [5.41, 5.74) is 10.3. The van der Waals surface area contributed by atoms with Crippen molar-refractivity contribution in [2.75, 3.05) is 9.80 Å². The van der Waals surface area contributed by atoms with Gasteiger partial charge in [-0.3, -0.25) is 0 Å². The Kier molecular flexibility index (Phi) is 7.93. The quantitative estimate of drug-likeness (QED) is 0.152. The Morgan fingerprint density at radius 3 is 1.54 bits per heavy atom. The van der Waals surface area contributed by atoms with Crippen molar-refractivity contribution in [3.05, 3.63) is 206 Å². The van der Waals surface area contributed by atoms with Gasteiger partial charge in [-0.05, 0) is 107 Å². The van der Waals surface area contributed by atoms with E-state index in [1.54, 1.807) is 0 Å². The average molecular weight is 709 g/mol. The van der Waals surface area contributed by atoms with Crippen LogP contribution in [0.15, 0.2) is 200 Å². The lowest BCUT2D eigenvalue weighted by Gasteiger charge is -2.29. The molecule has 0 aliphatic heterocycles. The number of thiophene rings is 1. The highest BCUT2D eigenvalue weighted by Gasteiger charge is 2.20. The molecular weight excluding hydrogens is 673 g/mol. The van der Waals surface area contributed by atoms with Crippen molar-refractivity contribution in [3.8, 4) is 11.1 Å². The molecule has 1 heterocycles. The van der Waals surface area contributed by atoms with Crippen molar-refractivity contribution < 1.29 is 0 Å². The number of rotatable bonds is 7. The maximum absolute atomic E-state index is 2.41. The fourth-order valence-electron chi connectivity index (χ4n) is 7.90. The summed E-state index contributed by atoms with van der Waals surface area (Å²) < 4.78 is 2.66. The lowest BCUT2D eigenvalue weighted by Crippen LogP contribution is -2.13. The molecule has 0 atom stereocenters. The Bertz CT molecular complexity index is 2930. The van der Waals surface area contributed by atoms with Gasteiger partial charge in [0.05, 0.1) is 0 Å². The van der Waals surface area contributed by atoms with Crippen molar-refractivity contribution in [2.45, 2.75) is 6.92 Å². The van der Waals surface area contributed by atoms with Crippen molar-refractivity contribution in [2.24, 2.45) is 0 Å². The van der Waals surface area contributed by atoms with Crippen LogP contribution in [0, 0.1) is 6.92 Å². The number of aryl methyl sites for hydroxylation is 1. The van der Waals surface area contributed by atoms with E-state index in [4.69, 9.17) is 0 Å². The minimum Gasteiger partial charge on any atom is -0.310 e. The van der Waals surface area contributed by atoms with Crippen LogP contribution in [0.1, 0.15) is 5.56 Å². The minimum atomic E-state index is 1.09. The van der Waals surface area contributed by atoms with Crippen LogP contribution in [0.4, 0.5) is 34.1 Å². The topological polar surface area (TPSA) is 6.48 Å². The largest absolute Gasteiger partial charge is 0.310 e. The van der Waals surface area contributed by atoms with Crippen LogP contribution in [0.3, 0.4) is 0 Å². The van der Waals surface area contributed by atoms with Gasteiger partial charge in [-0.1, -0.05) is 133 Å². The molecule has 10 rings (SSSR count). The van der Waals surface area contributed by atoms with Crippen LogP contribution < -0.4 is 9.80 Å². The van der Waals surface area contributed by atoms with Gasteiger partial charge in [-0.2, -0.15) is 0 Å². The number of para-hydroxylation sites is 1. The molecule has 0 spiro atoms. The SMILES string of the molecule is Cc1ccc(N(c2ccc(-c3ccccc3)cc2)c2cccc(N(c3ccccc3)c3ccc4c5ccccc5c5sc6ccccc6c5c4c3)c2)cc1. The third kappa shape index (κ3) is 5.58. The van der Waals surface area contributed by atoms with Crippen LogP contribution in [-0.2, 0) is 0 Å². The Morgan fingerprint density at radius 2 is 0.815 bits per heavy atom. The van der Waals surface area contributed by atoms with E-state index in [-0.39, 0.29) is 0 Å². The average Bonchev–Trinajstić information content (AvgIpc) is 3.63. The van der Waals surface area contributed by atoms with Gasteiger partial charge in [0.2, 0.25) is 0 Å². The van der Waals surface area contributed by atoms with Gasteiger partial charge >= 0.3 is 0 Å². The molecule has 2 nitrogen and oxygen atoms in total. The van der Waals surface area contributed by atoms with Gasteiger partial charge in [-0.15, -0.1) is 11.3 Å². The second-order valence-corrected chi connectivity index (χ2v) is 14.9. The molecule has 256 valence electrons. The zero-order chi connectivity index (χ0) is 36.0. The fourth-order valence-corrected chi connectivity index (χ4v) is 9.16. The highest BCUT2D eigenvalue weighted by atomic mass is 32.1. The Labute approximate surface area is 319 Å². The molecule has 0 bridgehead atoms. The summed E-state index contributed by atoms with van der Waals surface area (Å²) in [5.74, 6) is 0. The van der Waals surface area contributed by atoms with E-state index in [1.165, 1.54) is 58.4 Å². The van der Waals surface area contributed by atoms with E-state index in [2.05, 4.69) is 217 Å². The van der Waals surface area contributed by atoms with Crippen LogP contribution in [0.2, 0.25) is 0 Å². The maximum atomic E-state index is 2.41. The summed E-state index contributed by atoms with van der Waals surface area (Å²) >= 11 is 1.90. The molecule has 1 aromatic heterocycles. The third-order valence-electron chi connectivity index (χ3n) is 10.5. The van der Waals surface area contributed by atoms with Gasteiger partial charge in [0.25, 0.3) is 0 Å². The molecule has 3 heteroatoms. The van der Waals surface area contributed by atoms with E-state index in [0.29, 0.717) is 0 Å². The summed E-state index contributed by atoms with van der Waals surface area (Å²) in [7, 11) is 0. The van der Waals surface area contributed by atoms with E-state index in [1.807, 2.05) is 11.3 Å². The standard InChI is InChI=1S/C51H36N2S/c1-35-23-27-39(28-24-35)52(40-29-25-37(26-30-40)36-13-4-2-5-14-36)41-17-12-18-42(33-41)53(38-15-6-3-7-16-38)43-31-32-45-44-19-8-9-20-46(44)51-50(48(45)34-43)47-21-10-11-22-49(47)54-51/h2-34H,1H3. The molecule has 0 N–H and O–H groups in total. The van der Waals surface area contributed by atoms with Gasteiger partial charge in [-0.25, -0.2) is 0 Å². The highest BCUT2D eigenvalue weighted by molar-refractivity contribution is 7.27. The predicted molar refractivity (Wildman–Crippen MR) is 234 cm³/mol. The van der Waals surface area contributed by atoms with Crippen LogP contribution in [0.5, 0.6) is 0 Å². The van der Waals surface area contributed by atoms with E-state index >= 15 is 0 Å². The van der Waals surface area contributed by atoms with E-state index in [0.717, 1.165) is 34.1 Å². The molecule has 0 saturated heterocycles. The molecule has 0 amide bonds. The monoisotopic (exact) mass is 708 g/mol. The number of hydrogen-bond donors (Lipinski definition) is 0. The van der Waals surface area contributed by atoms with Gasteiger partial charge in [0.1, 0.15) is 0 Å². The van der Waals surface area contributed by atoms with Gasteiger partial charge in [0, 0.05) is 59.7 Å². The fraction of sp³-hybridized carbons (Fsp3) is 0.0196. The Hall–Kier alpha value is -6.68. The zero-order valence-electron chi connectivity index (χ0n) is 29.9. The minimum absolute atomic E-state index is 1.09. The smallest absolute Gasteiger partial charge is 0.0482 e. The Morgan fingerprint density at radius 1 is 0.333 bits per heavy atom. The molecule has 10 aromatic rings.